The highest BCUT2D eigenvalue weighted by Gasteiger charge is 2.11. The number of nitrogens with one attached hydrogen (secondary N) is 1. The molecule has 1 aromatic rings. The first-order chi connectivity index (χ1) is 9.21. The molecular formula is C14H21NO3S. The Hall–Kier alpha value is -1.04. The van der Waals surface area contributed by atoms with Gasteiger partial charge >= 0.3 is 0 Å². The van der Waals surface area contributed by atoms with Crippen molar-refractivity contribution in [3.8, 4) is 0 Å². The second kappa shape index (κ2) is 8.96. The summed E-state index contributed by atoms with van der Waals surface area (Å²) in [5.41, 5.74) is 0.643. The normalized spacial score (nSPS) is 10.7. The van der Waals surface area contributed by atoms with Gasteiger partial charge in [-0.3, -0.25) is 4.79 Å². The van der Waals surface area contributed by atoms with Gasteiger partial charge in [0.25, 0.3) is 5.91 Å². The van der Waals surface area contributed by atoms with Gasteiger partial charge in [-0.1, -0.05) is 0 Å². The summed E-state index contributed by atoms with van der Waals surface area (Å²) < 4.78 is 10.7. The number of thioether (sulfide) groups is 1. The molecule has 4 nitrogen and oxygen atoms in total. The maximum absolute atomic E-state index is 11.9. The van der Waals surface area contributed by atoms with Crippen molar-refractivity contribution in [1.29, 1.82) is 0 Å². The van der Waals surface area contributed by atoms with Gasteiger partial charge in [0.1, 0.15) is 0 Å². The fourth-order valence-corrected chi connectivity index (χ4v) is 1.97. The largest absolute Gasteiger partial charge is 0.351 e. The second-order valence-electron chi connectivity index (χ2n) is 3.78. The van der Waals surface area contributed by atoms with Crippen LogP contribution in [0.25, 0.3) is 0 Å². The first-order valence-corrected chi connectivity index (χ1v) is 7.59. The summed E-state index contributed by atoms with van der Waals surface area (Å²) in [4.78, 5) is 13.1. The summed E-state index contributed by atoms with van der Waals surface area (Å²) in [5.74, 6) is -0.114. The van der Waals surface area contributed by atoms with Crippen molar-refractivity contribution in [3.63, 3.8) is 0 Å². The first-order valence-electron chi connectivity index (χ1n) is 6.36. The van der Waals surface area contributed by atoms with E-state index in [1.54, 1.807) is 11.8 Å². The molecule has 106 valence electrons. The van der Waals surface area contributed by atoms with Gasteiger partial charge in [-0.2, -0.15) is 0 Å². The highest BCUT2D eigenvalue weighted by molar-refractivity contribution is 7.98. The van der Waals surface area contributed by atoms with Gasteiger partial charge in [-0.15, -0.1) is 11.8 Å². The van der Waals surface area contributed by atoms with Crippen LogP contribution in [-0.4, -0.2) is 38.2 Å². The maximum Gasteiger partial charge on any atom is 0.251 e. The molecule has 0 radical (unpaired) electrons. The van der Waals surface area contributed by atoms with E-state index in [9.17, 15) is 4.79 Å². The lowest BCUT2D eigenvalue weighted by Gasteiger charge is -2.17. The van der Waals surface area contributed by atoms with Crippen LogP contribution in [0.4, 0.5) is 0 Å². The molecule has 0 aliphatic rings. The quantitative estimate of drug-likeness (QED) is 0.588. The summed E-state index contributed by atoms with van der Waals surface area (Å²) in [5, 5.41) is 2.81. The van der Waals surface area contributed by atoms with E-state index in [0.29, 0.717) is 25.3 Å². The van der Waals surface area contributed by atoms with E-state index in [4.69, 9.17) is 9.47 Å². The van der Waals surface area contributed by atoms with Crippen LogP contribution in [0.15, 0.2) is 29.2 Å². The second-order valence-corrected chi connectivity index (χ2v) is 4.66. The average Bonchev–Trinajstić information content (AvgIpc) is 2.45. The average molecular weight is 283 g/mol. The van der Waals surface area contributed by atoms with Gasteiger partial charge in [0, 0.05) is 23.7 Å². The summed E-state index contributed by atoms with van der Waals surface area (Å²) in [6.45, 7) is 5.26. The molecule has 1 amide bonds. The zero-order valence-corrected chi connectivity index (χ0v) is 12.5. The SMILES string of the molecule is CCOC(CNC(=O)c1ccc(SC)cc1)OCC. The molecule has 0 fully saturated rings. The number of hydrogen-bond acceptors (Lipinski definition) is 4. The summed E-state index contributed by atoms with van der Waals surface area (Å²) in [7, 11) is 0. The van der Waals surface area contributed by atoms with Crippen molar-refractivity contribution < 1.29 is 14.3 Å². The minimum absolute atomic E-state index is 0.114. The standard InChI is InChI=1S/C14H21NO3S/c1-4-17-13(18-5-2)10-15-14(16)11-6-8-12(19-3)9-7-11/h6-9,13H,4-5,10H2,1-3H3,(H,15,16). The Morgan fingerprint density at radius 3 is 2.26 bits per heavy atom. The highest BCUT2D eigenvalue weighted by atomic mass is 32.2. The van der Waals surface area contributed by atoms with Crippen molar-refractivity contribution in [2.45, 2.75) is 25.0 Å². The maximum atomic E-state index is 11.9. The monoisotopic (exact) mass is 283 g/mol. The van der Waals surface area contributed by atoms with E-state index >= 15 is 0 Å². The van der Waals surface area contributed by atoms with E-state index in [0.717, 1.165) is 4.90 Å². The Balaban J connectivity index is 2.48. The molecule has 0 heterocycles. The predicted molar refractivity (Wildman–Crippen MR) is 77.6 cm³/mol. The first kappa shape index (κ1) is 16.0. The molecule has 0 bridgehead atoms. The van der Waals surface area contributed by atoms with Crippen molar-refractivity contribution in [2.24, 2.45) is 0 Å². The van der Waals surface area contributed by atoms with Gasteiger partial charge < -0.3 is 14.8 Å². The van der Waals surface area contributed by atoms with Crippen LogP contribution < -0.4 is 5.32 Å². The third kappa shape index (κ3) is 5.63. The highest BCUT2D eigenvalue weighted by Crippen LogP contribution is 2.14. The van der Waals surface area contributed by atoms with Crippen molar-refractivity contribution in [3.05, 3.63) is 29.8 Å². The molecule has 0 unspecified atom stereocenters. The third-order valence-corrected chi connectivity index (χ3v) is 3.23. The van der Waals surface area contributed by atoms with Gasteiger partial charge in [0.05, 0.1) is 6.54 Å². The van der Waals surface area contributed by atoms with Gasteiger partial charge in [0.2, 0.25) is 0 Å². The van der Waals surface area contributed by atoms with Gasteiger partial charge in [-0.05, 0) is 44.4 Å². The molecule has 19 heavy (non-hydrogen) atoms. The molecule has 0 saturated heterocycles. The Labute approximate surface area is 118 Å². The lowest BCUT2D eigenvalue weighted by molar-refractivity contribution is -0.131. The van der Waals surface area contributed by atoms with Crippen LogP contribution in [0.5, 0.6) is 0 Å². The fourth-order valence-electron chi connectivity index (χ4n) is 1.56. The smallest absolute Gasteiger partial charge is 0.251 e. The van der Waals surface area contributed by atoms with Gasteiger partial charge in [0.15, 0.2) is 6.29 Å². The van der Waals surface area contributed by atoms with E-state index in [1.165, 1.54) is 0 Å². The van der Waals surface area contributed by atoms with Crippen LogP contribution in [0.2, 0.25) is 0 Å². The summed E-state index contributed by atoms with van der Waals surface area (Å²) in [6, 6.07) is 7.50. The molecule has 5 heteroatoms. The zero-order valence-electron chi connectivity index (χ0n) is 11.6. The summed E-state index contributed by atoms with van der Waals surface area (Å²) in [6.07, 6.45) is 1.62. The third-order valence-electron chi connectivity index (χ3n) is 2.49. The molecule has 0 atom stereocenters. The molecule has 0 spiro atoms. The molecule has 0 aliphatic carbocycles. The number of ether oxygens (including phenoxy) is 2. The molecule has 0 aromatic heterocycles. The number of amides is 1. The Bertz CT molecular complexity index is 375. The molecule has 1 N–H and O–H groups in total. The number of carbonyl (C=O) groups is 1. The van der Waals surface area contributed by atoms with E-state index < -0.39 is 0 Å². The van der Waals surface area contributed by atoms with Crippen LogP contribution in [0.3, 0.4) is 0 Å². The van der Waals surface area contributed by atoms with Gasteiger partial charge in [-0.25, -0.2) is 0 Å². The molecule has 0 saturated carbocycles. The topological polar surface area (TPSA) is 47.6 Å². The van der Waals surface area contributed by atoms with Crippen molar-refractivity contribution >= 4 is 17.7 Å². The number of carbonyl (C=O) groups excluding carboxylic acids is 1. The van der Waals surface area contributed by atoms with Crippen LogP contribution >= 0.6 is 11.8 Å². The number of hydrogen-bond donors (Lipinski definition) is 1. The minimum atomic E-state index is -0.385. The number of benzene rings is 1. The van der Waals surface area contributed by atoms with E-state index in [2.05, 4.69) is 5.32 Å². The van der Waals surface area contributed by atoms with Crippen molar-refractivity contribution in [1.82, 2.24) is 5.32 Å². The Morgan fingerprint density at radius 2 is 1.79 bits per heavy atom. The molecule has 1 rings (SSSR count). The van der Waals surface area contributed by atoms with E-state index in [-0.39, 0.29) is 12.2 Å². The number of rotatable bonds is 8. The summed E-state index contributed by atoms with van der Waals surface area (Å²) >= 11 is 1.65. The molecular weight excluding hydrogens is 262 g/mol. The molecule has 0 aliphatic heterocycles. The zero-order chi connectivity index (χ0) is 14.1. The lowest BCUT2D eigenvalue weighted by Crippen LogP contribution is -2.35. The van der Waals surface area contributed by atoms with Crippen LogP contribution in [0.1, 0.15) is 24.2 Å². The minimum Gasteiger partial charge on any atom is -0.351 e. The fraction of sp³-hybridized carbons (Fsp3) is 0.500. The lowest BCUT2D eigenvalue weighted by atomic mass is 10.2. The van der Waals surface area contributed by atoms with Crippen LogP contribution in [-0.2, 0) is 9.47 Å². The van der Waals surface area contributed by atoms with E-state index in [1.807, 2.05) is 44.4 Å². The Morgan fingerprint density at radius 1 is 1.21 bits per heavy atom. The van der Waals surface area contributed by atoms with Crippen LogP contribution in [0, 0.1) is 0 Å². The molecule has 1 aromatic carbocycles. The predicted octanol–water partition coefficient (Wildman–Crippen LogP) is 2.54. The van der Waals surface area contributed by atoms with Crippen molar-refractivity contribution in [2.75, 3.05) is 26.0 Å². The Kier molecular flexibility index (Phi) is 7.55.